The molecule has 0 aromatic carbocycles. The summed E-state index contributed by atoms with van der Waals surface area (Å²) in [4.78, 5) is 23.1. The van der Waals surface area contributed by atoms with Gasteiger partial charge in [-0.15, -0.1) is 0 Å². The quantitative estimate of drug-likeness (QED) is 0.663. The summed E-state index contributed by atoms with van der Waals surface area (Å²) in [5.41, 5.74) is 0. The maximum atomic E-state index is 12.1. The lowest BCUT2D eigenvalue weighted by atomic mass is 9.93. The summed E-state index contributed by atoms with van der Waals surface area (Å²) in [7, 11) is 0. The molecule has 0 aliphatic heterocycles. The summed E-state index contributed by atoms with van der Waals surface area (Å²) < 4.78 is 0. The Hall–Kier alpha value is -1.10. The van der Waals surface area contributed by atoms with Gasteiger partial charge in [0.15, 0.2) is 0 Å². The summed E-state index contributed by atoms with van der Waals surface area (Å²) in [5, 5.41) is 20.9. The molecule has 104 valence electrons. The number of hydrogen-bond donors (Lipinski definition) is 3. The lowest BCUT2D eigenvalue weighted by Gasteiger charge is -2.24. The topological polar surface area (TPSA) is 86.6 Å². The maximum Gasteiger partial charge on any atom is 0.307 e. The van der Waals surface area contributed by atoms with Crippen LogP contribution in [0.1, 0.15) is 39.5 Å². The van der Waals surface area contributed by atoms with Crippen molar-refractivity contribution >= 4 is 11.9 Å². The van der Waals surface area contributed by atoms with Gasteiger partial charge in [0.05, 0.1) is 11.8 Å². The Bertz CT molecular complexity index is 303. The van der Waals surface area contributed by atoms with Crippen LogP contribution in [0.2, 0.25) is 0 Å². The van der Waals surface area contributed by atoms with Crippen LogP contribution < -0.4 is 5.32 Å². The number of aliphatic hydroxyl groups excluding tert-OH is 1. The van der Waals surface area contributed by atoms with Crippen LogP contribution in [-0.2, 0) is 9.59 Å². The van der Waals surface area contributed by atoms with Gasteiger partial charge < -0.3 is 15.5 Å². The number of rotatable bonds is 6. The van der Waals surface area contributed by atoms with E-state index < -0.39 is 17.8 Å². The van der Waals surface area contributed by atoms with Crippen LogP contribution in [0.25, 0.3) is 0 Å². The van der Waals surface area contributed by atoms with Crippen molar-refractivity contribution in [1.29, 1.82) is 0 Å². The first-order valence-electron chi connectivity index (χ1n) is 6.61. The number of carbonyl (C=O) groups is 2. The number of hydrogen-bond acceptors (Lipinski definition) is 3. The second-order valence-corrected chi connectivity index (χ2v) is 5.35. The van der Waals surface area contributed by atoms with Gasteiger partial charge in [0.1, 0.15) is 0 Å². The van der Waals surface area contributed by atoms with Gasteiger partial charge in [0.2, 0.25) is 5.91 Å². The molecule has 5 nitrogen and oxygen atoms in total. The van der Waals surface area contributed by atoms with Gasteiger partial charge in [-0.2, -0.15) is 0 Å². The van der Waals surface area contributed by atoms with E-state index in [9.17, 15) is 9.59 Å². The number of carboxylic acids is 1. The SMILES string of the molecule is CC(C)C(CCO)NC(=O)C1CCCC1C(=O)O. The molecule has 0 spiro atoms. The van der Waals surface area contributed by atoms with Crippen molar-refractivity contribution in [2.75, 3.05) is 6.61 Å². The Labute approximate surface area is 108 Å². The van der Waals surface area contributed by atoms with Crippen molar-refractivity contribution in [2.24, 2.45) is 17.8 Å². The van der Waals surface area contributed by atoms with E-state index in [1.807, 2.05) is 13.8 Å². The number of nitrogens with one attached hydrogen (secondary N) is 1. The third kappa shape index (κ3) is 3.70. The number of carboxylic acid groups (broad SMARTS) is 1. The predicted molar refractivity (Wildman–Crippen MR) is 66.9 cm³/mol. The number of carbonyl (C=O) groups excluding carboxylic acids is 1. The van der Waals surface area contributed by atoms with E-state index in [1.54, 1.807) is 0 Å². The molecule has 0 bridgehead atoms. The molecule has 0 saturated heterocycles. The summed E-state index contributed by atoms with van der Waals surface area (Å²) in [6.45, 7) is 3.98. The highest BCUT2D eigenvalue weighted by molar-refractivity contribution is 5.85. The van der Waals surface area contributed by atoms with Crippen molar-refractivity contribution in [2.45, 2.75) is 45.6 Å². The third-order valence-corrected chi connectivity index (χ3v) is 3.74. The molecule has 1 amide bonds. The molecule has 1 aliphatic rings. The highest BCUT2D eigenvalue weighted by atomic mass is 16.4. The molecule has 0 aromatic heterocycles. The normalized spacial score (nSPS) is 25.1. The largest absolute Gasteiger partial charge is 0.481 e. The van der Waals surface area contributed by atoms with E-state index in [1.165, 1.54) is 0 Å². The van der Waals surface area contributed by atoms with Gasteiger partial charge in [-0.25, -0.2) is 0 Å². The molecule has 0 radical (unpaired) electrons. The molecule has 5 heteroatoms. The molecule has 0 aromatic rings. The minimum absolute atomic E-state index is 0.0240. The van der Waals surface area contributed by atoms with Crippen molar-refractivity contribution in [3.05, 3.63) is 0 Å². The molecule has 1 rings (SSSR count). The van der Waals surface area contributed by atoms with E-state index in [0.29, 0.717) is 19.3 Å². The van der Waals surface area contributed by atoms with E-state index in [4.69, 9.17) is 10.2 Å². The number of amides is 1. The highest BCUT2D eigenvalue weighted by Gasteiger charge is 2.38. The number of aliphatic carboxylic acids is 1. The fourth-order valence-corrected chi connectivity index (χ4v) is 2.57. The first-order valence-corrected chi connectivity index (χ1v) is 6.61. The van der Waals surface area contributed by atoms with E-state index >= 15 is 0 Å². The maximum absolute atomic E-state index is 12.1. The summed E-state index contributed by atoms with van der Waals surface area (Å²) in [6, 6.07) is -0.0856. The molecule has 1 saturated carbocycles. The zero-order valence-corrected chi connectivity index (χ0v) is 11.1. The predicted octanol–water partition coefficient (Wildman–Crippen LogP) is 1.01. The van der Waals surface area contributed by atoms with Crippen molar-refractivity contribution < 1.29 is 19.8 Å². The summed E-state index contributed by atoms with van der Waals surface area (Å²) in [6.07, 6.45) is 2.53. The molecule has 1 fully saturated rings. The molecular formula is C13H23NO4. The Morgan fingerprint density at radius 2 is 1.89 bits per heavy atom. The van der Waals surface area contributed by atoms with Crippen molar-refractivity contribution in [3.63, 3.8) is 0 Å². The Morgan fingerprint density at radius 1 is 1.28 bits per heavy atom. The van der Waals surface area contributed by atoms with Gasteiger partial charge >= 0.3 is 5.97 Å². The second-order valence-electron chi connectivity index (χ2n) is 5.35. The lowest BCUT2D eigenvalue weighted by Crippen LogP contribution is -2.44. The standard InChI is InChI=1S/C13H23NO4/c1-8(2)11(6-7-15)14-12(16)9-4-3-5-10(9)13(17)18/h8-11,15H,3-7H2,1-2H3,(H,14,16)(H,17,18). The molecule has 3 N–H and O–H groups in total. The average Bonchev–Trinajstić information content (AvgIpc) is 2.77. The van der Waals surface area contributed by atoms with E-state index in [0.717, 1.165) is 6.42 Å². The minimum Gasteiger partial charge on any atom is -0.481 e. The van der Waals surface area contributed by atoms with Crippen LogP contribution in [0.15, 0.2) is 0 Å². The van der Waals surface area contributed by atoms with Crippen LogP contribution in [-0.4, -0.2) is 34.7 Å². The minimum atomic E-state index is -0.879. The Balaban J connectivity index is 2.60. The Morgan fingerprint density at radius 3 is 2.39 bits per heavy atom. The molecule has 0 heterocycles. The van der Waals surface area contributed by atoms with Crippen LogP contribution in [0, 0.1) is 17.8 Å². The van der Waals surface area contributed by atoms with Crippen LogP contribution >= 0.6 is 0 Å². The smallest absolute Gasteiger partial charge is 0.307 e. The average molecular weight is 257 g/mol. The monoisotopic (exact) mass is 257 g/mol. The molecular weight excluding hydrogens is 234 g/mol. The highest BCUT2D eigenvalue weighted by Crippen LogP contribution is 2.32. The zero-order chi connectivity index (χ0) is 13.7. The van der Waals surface area contributed by atoms with Gasteiger partial charge in [-0.3, -0.25) is 9.59 Å². The second kappa shape index (κ2) is 6.73. The first-order chi connectivity index (χ1) is 8.47. The van der Waals surface area contributed by atoms with Gasteiger partial charge in [0.25, 0.3) is 0 Å². The van der Waals surface area contributed by atoms with E-state index in [-0.39, 0.29) is 24.5 Å². The lowest BCUT2D eigenvalue weighted by molar-refractivity contribution is -0.146. The van der Waals surface area contributed by atoms with Crippen LogP contribution in [0.4, 0.5) is 0 Å². The Kier molecular flexibility index (Phi) is 5.59. The first kappa shape index (κ1) is 15.0. The van der Waals surface area contributed by atoms with Crippen molar-refractivity contribution in [1.82, 2.24) is 5.32 Å². The molecule has 3 atom stereocenters. The molecule has 18 heavy (non-hydrogen) atoms. The van der Waals surface area contributed by atoms with Gasteiger partial charge in [-0.1, -0.05) is 20.3 Å². The fourth-order valence-electron chi connectivity index (χ4n) is 2.57. The van der Waals surface area contributed by atoms with Crippen molar-refractivity contribution in [3.8, 4) is 0 Å². The third-order valence-electron chi connectivity index (χ3n) is 3.74. The van der Waals surface area contributed by atoms with Gasteiger partial charge in [-0.05, 0) is 25.2 Å². The van der Waals surface area contributed by atoms with Crippen LogP contribution in [0.5, 0.6) is 0 Å². The molecule has 3 unspecified atom stereocenters. The van der Waals surface area contributed by atoms with Crippen LogP contribution in [0.3, 0.4) is 0 Å². The fraction of sp³-hybridized carbons (Fsp3) is 0.846. The molecule has 1 aliphatic carbocycles. The van der Waals surface area contributed by atoms with Gasteiger partial charge in [0, 0.05) is 12.6 Å². The summed E-state index contributed by atoms with van der Waals surface area (Å²) >= 11 is 0. The van der Waals surface area contributed by atoms with E-state index in [2.05, 4.69) is 5.32 Å². The number of aliphatic hydroxyl groups is 1. The summed E-state index contributed by atoms with van der Waals surface area (Å²) in [5.74, 6) is -1.79. The zero-order valence-electron chi connectivity index (χ0n) is 11.1.